The van der Waals surface area contributed by atoms with Crippen LogP contribution < -0.4 is 5.32 Å². The zero-order valence-corrected chi connectivity index (χ0v) is 17.6. The van der Waals surface area contributed by atoms with Gasteiger partial charge in [0.1, 0.15) is 6.29 Å². The van der Waals surface area contributed by atoms with Crippen molar-refractivity contribution in [1.82, 2.24) is 0 Å². The quantitative estimate of drug-likeness (QED) is 0.322. The maximum absolute atomic E-state index is 13.2. The van der Waals surface area contributed by atoms with E-state index in [4.69, 9.17) is 0 Å². The van der Waals surface area contributed by atoms with E-state index in [2.05, 4.69) is 78.1 Å². The fraction of sp³-hybridized carbons (Fsp3) is 0.241. The van der Waals surface area contributed by atoms with Crippen molar-refractivity contribution in [2.75, 3.05) is 5.32 Å². The first-order valence-corrected chi connectivity index (χ1v) is 11.5. The second-order valence-electron chi connectivity index (χ2n) is 9.64. The molecule has 4 bridgehead atoms. The summed E-state index contributed by atoms with van der Waals surface area (Å²) in [6.07, 6.45) is 6.13. The Labute approximate surface area is 187 Å². The Morgan fingerprint density at radius 2 is 1.31 bits per heavy atom. The lowest BCUT2D eigenvalue weighted by Gasteiger charge is -2.42. The molecule has 1 amide bonds. The summed E-state index contributed by atoms with van der Waals surface area (Å²) in [5, 5.41) is 3.16. The van der Waals surface area contributed by atoms with E-state index in [1.807, 2.05) is 6.07 Å². The van der Waals surface area contributed by atoms with Gasteiger partial charge in [-0.25, -0.2) is 0 Å². The first-order chi connectivity index (χ1) is 15.7. The molecule has 0 heterocycles. The Balaban J connectivity index is 1.28. The standard InChI is InChI=1S/C29H23NO2/c31-15-25-16-9-10-17(13-16)26(25)29(32)30-18-11-12-23-24(14-18)28-21-7-3-1-5-19(21)27(23)20-6-2-4-8-22(20)28/h1-12,14-17,25-28H,13H2,(H,30,32). The predicted molar refractivity (Wildman–Crippen MR) is 124 cm³/mol. The number of carbonyl (C=O) groups is 2. The molecule has 8 rings (SSSR count). The molecule has 4 unspecified atom stereocenters. The molecule has 0 saturated heterocycles. The number of carbonyl (C=O) groups excluding carboxylic acids is 2. The van der Waals surface area contributed by atoms with Crippen LogP contribution in [0.3, 0.4) is 0 Å². The van der Waals surface area contributed by atoms with Gasteiger partial charge in [0.2, 0.25) is 5.91 Å². The van der Waals surface area contributed by atoms with Crippen LogP contribution in [0.5, 0.6) is 0 Å². The lowest BCUT2D eigenvalue weighted by Crippen LogP contribution is -2.33. The smallest absolute Gasteiger partial charge is 0.228 e. The Bertz CT molecular complexity index is 1270. The van der Waals surface area contributed by atoms with Crippen LogP contribution in [0.15, 0.2) is 78.9 Å². The maximum atomic E-state index is 13.2. The number of rotatable bonds is 3. The van der Waals surface area contributed by atoms with Crippen LogP contribution in [0, 0.1) is 23.7 Å². The van der Waals surface area contributed by atoms with Gasteiger partial charge in [0.15, 0.2) is 0 Å². The molecule has 3 aromatic carbocycles. The second kappa shape index (κ2) is 6.52. The number of benzene rings is 3. The highest BCUT2D eigenvalue weighted by molar-refractivity contribution is 5.95. The van der Waals surface area contributed by atoms with Crippen molar-refractivity contribution in [3.05, 3.63) is 112 Å². The van der Waals surface area contributed by atoms with Gasteiger partial charge in [0.25, 0.3) is 0 Å². The number of hydrogen-bond acceptors (Lipinski definition) is 2. The summed E-state index contributed by atoms with van der Waals surface area (Å²) in [6.45, 7) is 0. The van der Waals surface area contributed by atoms with E-state index in [0.29, 0.717) is 0 Å². The van der Waals surface area contributed by atoms with Crippen molar-refractivity contribution in [3.63, 3.8) is 0 Å². The molecule has 0 aliphatic heterocycles. The maximum Gasteiger partial charge on any atom is 0.228 e. The van der Waals surface area contributed by atoms with Crippen LogP contribution in [0.4, 0.5) is 5.69 Å². The molecule has 1 fully saturated rings. The van der Waals surface area contributed by atoms with E-state index in [0.717, 1.165) is 18.4 Å². The van der Waals surface area contributed by atoms with Crippen LogP contribution in [0.25, 0.3) is 0 Å². The molecule has 1 N–H and O–H groups in total. The number of aldehydes is 1. The SMILES string of the molecule is O=CC1C2C=CC(C2)C1C(=O)Nc1ccc2c(c1)C1c3ccccc3C2c2ccccc21. The molecule has 3 aromatic rings. The van der Waals surface area contributed by atoms with E-state index in [-0.39, 0.29) is 41.4 Å². The van der Waals surface area contributed by atoms with E-state index >= 15 is 0 Å². The van der Waals surface area contributed by atoms with Crippen molar-refractivity contribution in [1.29, 1.82) is 0 Å². The van der Waals surface area contributed by atoms with Crippen LogP contribution in [0.2, 0.25) is 0 Å². The van der Waals surface area contributed by atoms with Gasteiger partial charge in [-0.2, -0.15) is 0 Å². The van der Waals surface area contributed by atoms with Crippen LogP contribution in [0.1, 0.15) is 51.6 Å². The summed E-state index contributed by atoms with van der Waals surface area (Å²) >= 11 is 0. The number of amides is 1. The number of allylic oxidation sites excluding steroid dienone is 2. The summed E-state index contributed by atoms with van der Waals surface area (Å²) in [5.41, 5.74) is 8.96. The number of hydrogen-bond donors (Lipinski definition) is 1. The summed E-state index contributed by atoms with van der Waals surface area (Å²) in [7, 11) is 0. The van der Waals surface area contributed by atoms with Gasteiger partial charge in [-0.3, -0.25) is 4.79 Å². The molecular weight excluding hydrogens is 394 g/mol. The normalized spacial score (nSPS) is 29.9. The van der Waals surface area contributed by atoms with Crippen molar-refractivity contribution < 1.29 is 9.59 Å². The Morgan fingerprint density at radius 1 is 0.750 bits per heavy atom. The van der Waals surface area contributed by atoms with Crippen molar-refractivity contribution in [3.8, 4) is 0 Å². The highest BCUT2D eigenvalue weighted by atomic mass is 16.2. The molecule has 156 valence electrons. The van der Waals surface area contributed by atoms with E-state index < -0.39 is 0 Å². The van der Waals surface area contributed by atoms with Gasteiger partial charge in [0, 0.05) is 23.4 Å². The topological polar surface area (TPSA) is 46.2 Å². The minimum absolute atomic E-state index is 0.0272. The molecule has 0 radical (unpaired) electrons. The fourth-order valence-electron chi connectivity index (χ4n) is 6.88. The zero-order valence-electron chi connectivity index (χ0n) is 17.6. The summed E-state index contributed by atoms with van der Waals surface area (Å²) in [5.74, 6) is 0.354. The minimum atomic E-state index is -0.253. The van der Waals surface area contributed by atoms with Crippen molar-refractivity contribution in [2.45, 2.75) is 18.3 Å². The first kappa shape index (κ1) is 18.1. The summed E-state index contributed by atoms with van der Waals surface area (Å²) in [4.78, 5) is 24.9. The lowest BCUT2D eigenvalue weighted by atomic mass is 9.61. The van der Waals surface area contributed by atoms with E-state index in [1.165, 1.54) is 33.4 Å². The molecule has 32 heavy (non-hydrogen) atoms. The van der Waals surface area contributed by atoms with E-state index in [9.17, 15) is 9.59 Å². The largest absolute Gasteiger partial charge is 0.326 e. The Hall–Kier alpha value is -3.46. The summed E-state index contributed by atoms with van der Waals surface area (Å²) < 4.78 is 0. The zero-order chi connectivity index (χ0) is 21.4. The van der Waals surface area contributed by atoms with Crippen LogP contribution in [-0.2, 0) is 9.59 Å². The third-order valence-corrected chi connectivity index (χ3v) is 8.19. The van der Waals surface area contributed by atoms with Crippen molar-refractivity contribution in [2.24, 2.45) is 23.7 Å². The molecule has 5 aliphatic rings. The second-order valence-corrected chi connectivity index (χ2v) is 9.64. The average molecular weight is 418 g/mol. The molecule has 0 aromatic heterocycles. The fourth-order valence-corrected chi connectivity index (χ4v) is 6.88. The number of fused-ring (bicyclic) bond motifs is 2. The molecule has 4 atom stereocenters. The number of anilines is 1. The lowest BCUT2D eigenvalue weighted by molar-refractivity contribution is -0.125. The first-order valence-electron chi connectivity index (χ1n) is 11.5. The third-order valence-electron chi connectivity index (χ3n) is 8.19. The van der Waals surface area contributed by atoms with Crippen LogP contribution in [-0.4, -0.2) is 12.2 Å². The minimum Gasteiger partial charge on any atom is -0.326 e. The number of nitrogens with one attached hydrogen (secondary N) is 1. The highest BCUT2D eigenvalue weighted by Crippen LogP contribution is 2.56. The van der Waals surface area contributed by atoms with Gasteiger partial charge in [-0.1, -0.05) is 66.7 Å². The highest BCUT2D eigenvalue weighted by Gasteiger charge is 2.48. The van der Waals surface area contributed by atoms with Gasteiger partial charge in [0.05, 0.1) is 5.92 Å². The van der Waals surface area contributed by atoms with Gasteiger partial charge >= 0.3 is 0 Å². The molecule has 0 spiro atoms. The third kappa shape index (κ3) is 2.31. The monoisotopic (exact) mass is 417 g/mol. The van der Waals surface area contributed by atoms with Crippen molar-refractivity contribution >= 4 is 17.9 Å². The Morgan fingerprint density at radius 3 is 1.94 bits per heavy atom. The molecular formula is C29H23NO2. The summed E-state index contributed by atoms with van der Waals surface area (Å²) in [6, 6.07) is 23.9. The van der Waals surface area contributed by atoms with E-state index in [1.54, 1.807) is 0 Å². The average Bonchev–Trinajstić information content (AvgIpc) is 3.45. The molecule has 3 nitrogen and oxygen atoms in total. The molecule has 1 saturated carbocycles. The van der Waals surface area contributed by atoms with Gasteiger partial charge in [-0.15, -0.1) is 0 Å². The predicted octanol–water partition coefficient (Wildman–Crippen LogP) is 5.25. The molecule has 5 aliphatic carbocycles. The van der Waals surface area contributed by atoms with Crippen LogP contribution >= 0.6 is 0 Å². The van der Waals surface area contributed by atoms with Gasteiger partial charge in [-0.05, 0) is 63.8 Å². The van der Waals surface area contributed by atoms with Gasteiger partial charge < -0.3 is 10.1 Å². The molecule has 3 heteroatoms. The Kier molecular flexibility index (Phi) is 3.70.